The maximum Gasteiger partial charge on any atom is 0.193 e. The van der Waals surface area contributed by atoms with E-state index in [4.69, 9.17) is 4.74 Å². The molecule has 10 heteroatoms. The number of ether oxygens (including phenoxy) is 1. The smallest absolute Gasteiger partial charge is 0.193 e. The first-order valence-electron chi connectivity index (χ1n) is 10.2. The maximum absolute atomic E-state index is 5.26. The minimum Gasteiger partial charge on any atom is -0.497 e. The monoisotopic (exact) mass is 536 g/mol. The van der Waals surface area contributed by atoms with Crippen LogP contribution in [0.1, 0.15) is 17.9 Å². The minimum absolute atomic E-state index is 0. The van der Waals surface area contributed by atoms with Crippen molar-refractivity contribution in [2.24, 2.45) is 12.0 Å². The Morgan fingerprint density at radius 2 is 2.03 bits per heavy atom. The fourth-order valence-corrected chi connectivity index (χ4v) is 3.89. The molecule has 2 N–H and O–H groups in total. The molecule has 0 saturated carbocycles. The first-order valence-corrected chi connectivity index (χ1v) is 10.2. The summed E-state index contributed by atoms with van der Waals surface area (Å²) in [6.45, 7) is 3.41. The Labute approximate surface area is 199 Å². The Morgan fingerprint density at radius 3 is 2.77 bits per heavy atom. The predicted molar refractivity (Wildman–Crippen MR) is 133 cm³/mol. The first-order chi connectivity index (χ1) is 14.7. The average molecular weight is 536 g/mol. The maximum atomic E-state index is 5.26. The van der Waals surface area contributed by atoms with Crippen LogP contribution in [0, 0.1) is 0 Å². The van der Waals surface area contributed by atoms with Gasteiger partial charge in [-0.1, -0.05) is 12.1 Å². The van der Waals surface area contributed by atoms with Crippen molar-refractivity contribution < 1.29 is 4.74 Å². The molecule has 1 saturated heterocycles. The van der Waals surface area contributed by atoms with Gasteiger partial charge in [0.1, 0.15) is 17.9 Å². The summed E-state index contributed by atoms with van der Waals surface area (Å²) in [5.74, 6) is 3.13. The van der Waals surface area contributed by atoms with E-state index >= 15 is 0 Å². The molecular weight excluding hydrogens is 507 g/mol. The Bertz CT molecular complexity index is 1020. The fraction of sp³-hybridized carbons (Fsp3) is 0.429. The zero-order chi connectivity index (χ0) is 20.9. The summed E-state index contributed by atoms with van der Waals surface area (Å²) in [5.41, 5.74) is 2.16. The number of hydrogen-bond acceptors (Lipinski definition) is 6. The summed E-state index contributed by atoms with van der Waals surface area (Å²) < 4.78 is 7.01. The van der Waals surface area contributed by atoms with Gasteiger partial charge in [-0.05, 0) is 24.1 Å². The summed E-state index contributed by atoms with van der Waals surface area (Å²) in [6, 6.07) is 8.38. The van der Waals surface area contributed by atoms with Gasteiger partial charge in [0.15, 0.2) is 11.6 Å². The van der Waals surface area contributed by atoms with Crippen molar-refractivity contribution in [2.75, 3.05) is 45.7 Å². The van der Waals surface area contributed by atoms with Crippen molar-refractivity contribution >= 4 is 46.8 Å². The molecule has 1 aliphatic rings. The third kappa shape index (κ3) is 5.17. The van der Waals surface area contributed by atoms with E-state index in [9.17, 15) is 0 Å². The summed E-state index contributed by atoms with van der Waals surface area (Å²) in [7, 11) is 5.40. The van der Waals surface area contributed by atoms with Crippen LogP contribution in [0.4, 0.5) is 5.82 Å². The van der Waals surface area contributed by atoms with Crippen LogP contribution in [0.5, 0.6) is 5.75 Å². The molecule has 0 spiro atoms. The molecule has 9 nitrogen and oxygen atoms in total. The van der Waals surface area contributed by atoms with E-state index in [2.05, 4.69) is 47.7 Å². The second-order valence-corrected chi connectivity index (χ2v) is 7.33. The van der Waals surface area contributed by atoms with Crippen LogP contribution in [-0.2, 0) is 7.05 Å². The molecule has 2 aromatic heterocycles. The highest BCUT2D eigenvalue weighted by molar-refractivity contribution is 14.0. The van der Waals surface area contributed by atoms with E-state index in [0.717, 1.165) is 61.2 Å². The van der Waals surface area contributed by atoms with Gasteiger partial charge in [-0.3, -0.25) is 9.67 Å². The lowest BCUT2D eigenvalue weighted by molar-refractivity contribution is 0.414. The zero-order valence-corrected chi connectivity index (χ0v) is 20.4. The number of aromatic nitrogens is 4. The molecule has 4 rings (SSSR count). The van der Waals surface area contributed by atoms with E-state index < -0.39 is 0 Å². The number of likely N-dealkylation sites (tertiary alicyclic amines) is 1. The molecule has 166 valence electrons. The number of benzene rings is 1. The number of halogens is 1. The van der Waals surface area contributed by atoms with Gasteiger partial charge in [0.05, 0.1) is 18.7 Å². The number of nitrogens with one attached hydrogen (secondary N) is 2. The highest BCUT2D eigenvalue weighted by atomic mass is 127. The van der Waals surface area contributed by atoms with E-state index in [0.29, 0.717) is 5.92 Å². The highest BCUT2D eigenvalue weighted by Gasteiger charge is 2.26. The summed E-state index contributed by atoms with van der Waals surface area (Å²) in [5, 5.41) is 12.0. The Hall–Kier alpha value is -2.63. The Morgan fingerprint density at radius 1 is 1.23 bits per heavy atom. The number of nitrogens with zero attached hydrogens (tertiary/aromatic N) is 6. The van der Waals surface area contributed by atoms with Gasteiger partial charge in [0.25, 0.3) is 0 Å². The number of rotatable bonds is 6. The molecular formula is C21H29IN8O. The van der Waals surface area contributed by atoms with Gasteiger partial charge in [0, 0.05) is 46.2 Å². The van der Waals surface area contributed by atoms with Gasteiger partial charge in [-0.15, -0.1) is 24.0 Å². The number of methoxy groups -OCH3 is 1. The van der Waals surface area contributed by atoms with Gasteiger partial charge in [-0.25, -0.2) is 9.97 Å². The Balaban J connectivity index is 0.00000272. The second kappa shape index (κ2) is 10.6. The quantitative estimate of drug-likeness (QED) is 0.217. The normalized spacial score (nSPS) is 16.3. The van der Waals surface area contributed by atoms with Crippen molar-refractivity contribution in [3.05, 3.63) is 42.4 Å². The Kier molecular flexibility index (Phi) is 7.88. The van der Waals surface area contributed by atoms with Crippen LogP contribution >= 0.6 is 24.0 Å². The summed E-state index contributed by atoms with van der Waals surface area (Å²) in [4.78, 5) is 15.4. The van der Waals surface area contributed by atoms with Gasteiger partial charge in [-0.2, -0.15) is 5.10 Å². The standard InChI is InChI=1S/C21H28N8O.HI/c1-22-21(29-11-8-16(13-29)15-4-6-17(30-3)7-5-15)24-10-9-23-19-18-12-27-28(2)20(18)26-14-25-19;/h4-7,12,14,16H,8-11,13H2,1-3H3,(H,22,24)(H,23,25,26);1H. The molecule has 0 bridgehead atoms. The third-order valence-corrected chi connectivity index (χ3v) is 5.52. The number of guanidine groups is 1. The van der Waals surface area contributed by atoms with Crippen molar-refractivity contribution in [3.8, 4) is 5.75 Å². The van der Waals surface area contributed by atoms with Gasteiger partial charge >= 0.3 is 0 Å². The molecule has 1 aromatic carbocycles. The molecule has 1 aliphatic heterocycles. The van der Waals surface area contributed by atoms with E-state index in [1.54, 1.807) is 24.3 Å². The lowest BCUT2D eigenvalue weighted by Gasteiger charge is -2.22. The highest BCUT2D eigenvalue weighted by Crippen LogP contribution is 2.28. The van der Waals surface area contributed by atoms with Crippen LogP contribution in [0.25, 0.3) is 11.0 Å². The number of hydrogen-bond donors (Lipinski definition) is 2. The van der Waals surface area contributed by atoms with Crippen molar-refractivity contribution in [3.63, 3.8) is 0 Å². The molecule has 31 heavy (non-hydrogen) atoms. The van der Waals surface area contributed by atoms with E-state index in [-0.39, 0.29) is 24.0 Å². The van der Waals surface area contributed by atoms with Crippen LogP contribution < -0.4 is 15.4 Å². The average Bonchev–Trinajstić information content (AvgIpc) is 3.42. The molecule has 0 radical (unpaired) electrons. The lowest BCUT2D eigenvalue weighted by atomic mass is 9.98. The number of aliphatic imine (C=N–C) groups is 1. The third-order valence-electron chi connectivity index (χ3n) is 5.52. The van der Waals surface area contributed by atoms with E-state index in [1.165, 1.54) is 5.56 Å². The minimum atomic E-state index is 0. The predicted octanol–water partition coefficient (Wildman–Crippen LogP) is 2.47. The van der Waals surface area contributed by atoms with Crippen LogP contribution in [0.3, 0.4) is 0 Å². The molecule has 3 aromatic rings. The van der Waals surface area contributed by atoms with Crippen molar-refractivity contribution in [2.45, 2.75) is 12.3 Å². The summed E-state index contributed by atoms with van der Waals surface area (Å²) in [6.07, 6.45) is 4.46. The number of aryl methyl sites for hydroxylation is 1. The zero-order valence-electron chi connectivity index (χ0n) is 18.1. The van der Waals surface area contributed by atoms with Gasteiger partial charge in [0.2, 0.25) is 0 Å². The van der Waals surface area contributed by atoms with Crippen LogP contribution in [-0.4, -0.2) is 70.9 Å². The number of anilines is 1. The van der Waals surface area contributed by atoms with Gasteiger partial charge < -0.3 is 20.3 Å². The van der Waals surface area contributed by atoms with E-state index in [1.807, 2.05) is 26.2 Å². The molecule has 1 atom stereocenters. The van der Waals surface area contributed by atoms with Crippen LogP contribution in [0.2, 0.25) is 0 Å². The molecule has 3 heterocycles. The number of fused-ring (bicyclic) bond motifs is 1. The topological polar surface area (TPSA) is 92.5 Å². The molecule has 1 fully saturated rings. The fourth-order valence-electron chi connectivity index (χ4n) is 3.89. The van der Waals surface area contributed by atoms with Crippen molar-refractivity contribution in [1.82, 2.24) is 30.0 Å². The lowest BCUT2D eigenvalue weighted by Crippen LogP contribution is -2.41. The largest absolute Gasteiger partial charge is 0.497 e. The SMILES string of the molecule is CN=C(NCCNc1ncnc2c1cnn2C)N1CCC(c2ccc(OC)cc2)C1.I. The van der Waals surface area contributed by atoms with Crippen molar-refractivity contribution in [1.29, 1.82) is 0 Å². The second-order valence-electron chi connectivity index (χ2n) is 7.33. The molecule has 0 aliphatic carbocycles. The summed E-state index contributed by atoms with van der Waals surface area (Å²) >= 11 is 0. The van der Waals surface area contributed by atoms with Crippen LogP contribution in [0.15, 0.2) is 41.8 Å². The first kappa shape index (κ1) is 23.0. The molecule has 0 amide bonds. The molecule has 1 unspecified atom stereocenters.